The molecule has 0 spiro atoms. The highest BCUT2D eigenvalue weighted by Gasteiger charge is 2.05. The number of nitrogens with two attached hydrogens (primary N) is 1. The molecule has 0 saturated heterocycles. The second-order valence-electron chi connectivity index (χ2n) is 4.35. The Balaban J connectivity index is 2.08. The molecule has 0 bridgehead atoms. The van der Waals surface area contributed by atoms with Gasteiger partial charge < -0.3 is 10.5 Å². The predicted octanol–water partition coefficient (Wildman–Crippen LogP) is 3.07. The molecule has 0 aliphatic carbocycles. The summed E-state index contributed by atoms with van der Waals surface area (Å²) in [5.74, 6) is 0.828. The van der Waals surface area contributed by atoms with E-state index in [1.807, 2.05) is 19.1 Å². The van der Waals surface area contributed by atoms with Gasteiger partial charge in [-0.2, -0.15) is 0 Å². The molecule has 0 fully saturated rings. The first-order chi connectivity index (χ1) is 9.19. The molecular formula is C15H17IN2O. The Morgan fingerprint density at radius 3 is 2.58 bits per heavy atom. The lowest BCUT2D eigenvalue weighted by molar-refractivity contribution is 0.301. The fraction of sp³-hybridized carbons (Fsp3) is 0.267. The number of hydrogen-bond donors (Lipinski definition) is 1. The Morgan fingerprint density at radius 1 is 1.16 bits per heavy atom. The van der Waals surface area contributed by atoms with Crippen LogP contribution in [-0.4, -0.2) is 11.5 Å². The van der Waals surface area contributed by atoms with Crippen LogP contribution in [0.3, 0.4) is 0 Å². The van der Waals surface area contributed by atoms with Crippen molar-refractivity contribution in [1.29, 1.82) is 0 Å². The van der Waals surface area contributed by atoms with Gasteiger partial charge in [0.15, 0.2) is 0 Å². The standard InChI is InChI=1S/C15H17IN2O/c1-11-2-7-15(14(18-11)8-9-17)19-10-12-3-5-13(16)6-4-12/h2-7H,8-10,17H2,1H3. The molecule has 2 aromatic rings. The number of pyridine rings is 1. The van der Waals surface area contributed by atoms with Crippen molar-refractivity contribution in [2.45, 2.75) is 20.0 Å². The molecule has 2 N–H and O–H groups in total. The monoisotopic (exact) mass is 368 g/mol. The van der Waals surface area contributed by atoms with Crippen molar-refractivity contribution < 1.29 is 4.74 Å². The van der Waals surface area contributed by atoms with E-state index in [-0.39, 0.29) is 0 Å². The van der Waals surface area contributed by atoms with Crippen molar-refractivity contribution in [1.82, 2.24) is 4.98 Å². The average Bonchev–Trinajstić information content (AvgIpc) is 2.40. The van der Waals surface area contributed by atoms with Gasteiger partial charge in [-0.15, -0.1) is 0 Å². The molecular weight excluding hydrogens is 351 g/mol. The van der Waals surface area contributed by atoms with Crippen molar-refractivity contribution in [3.05, 3.63) is 56.9 Å². The topological polar surface area (TPSA) is 48.1 Å². The minimum atomic E-state index is 0.555. The summed E-state index contributed by atoms with van der Waals surface area (Å²) in [6.45, 7) is 3.11. The van der Waals surface area contributed by atoms with Gasteiger partial charge in [-0.05, 0) is 65.9 Å². The summed E-state index contributed by atoms with van der Waals surface area (Å²) in [6.07, 6.45) is 0.740. The van der Waals surface area contributed by atoms with Gasteiger partial charge in [-0.25, -0.2) is 0 Å². The predicted molar refractivity (Wildman–Crippen MR) is 85.2 cm³/mol. The maximum atomic E-state index is 5.85. The summed E-state index contributed by atoms with van der Waals surface area (Å²) >= 11 is 2.29. The molecule has 19 heavy (non-hydrogen) atoms. The zero-order valence-electron chi connectivity index (χ0n) is 10.9. The fourth-order valence-electron chi connectivity index (χ4n) is 1.79. The van der Waals surface area contributed by atoms with E-state index in [0.29, 0.717) is 13.2 Å². The van der Waals surface area contributed by atoms with Crippen molar-refractivity contribution in [3.63, 3.8) is 0 Å². The highest BCUT2D eigenvalue weighted by atomic mass is 127. The number of hydrogen-bond acceptors (Lipinski definition) is 3. The molecule has 4 heteroatoms. The third-order valence-corrected chi connectivity index (χ3v) is 3.48. The first kappa shape index (κ1) is 14.3. The number of nitrogens with zero attached hydrogens (tertiary/aromatic N) is 1. The van der Waals surface area contributed by atoms with E-state index in [1.165, 1.54) is 3.57 Å². The van der Waals surface area contributed by atoms with Crippen LogP contribution in [0.1, 0.15) is 17.0 Å². The molecule has 0 amide bonds. The summed E-state index contributed by atoms with van der Waals surface area (Å²) in [7, 11) is 0. The van der Waals surface area contributed by atoms with Crippen molar-refractivity contribution >= 4 is 22.6 Å². The molecule has 1 aromatic carbocycles. The second kappa shape index (κ2) is 6.86. The number of aryl methyl sites for hydroxylation is 1. The molecule has 0 aliphatic heterocycles. The number of ether oxygens (including phenoxy) is 1. The molecule has 0 atom stereocenters. The normalized spacial score (nSPS) is 10.5. The lowest BCUT2D eigenvalue weighted by Gasteiger charge is -2.11. The Morgan fingerprint density at radius 2 is 1.89 bits per heavy atom. The minimum Gasteiger partial charge on any atom is -0.487 e. The van der Waals surface area contributed by atoms with Crippen molar-refractivity contribution in [3.8, 4) is 5.75 Å². The van der Waals surface area contributed by atoms with E-state index in [0.717, 1.165) is 29.1 Å². The van der Waals surface area contributed by atoms with E-state index >= 15 is 0 Å². The SMILES string of the molecule is Cc1ccc(OCc2ccc(I)cc2)c(CCN)n1. The van der Waals surface area contributed by atoms with Crippen molar-refractivity contribution in [2.24, 2.45) is 5.73 Å². The average molecular weight is 368 g/mol. The van der Waals surface area contributed by atoms with Crippen LogP contribution in [0, 0.1) is 10.5 Å². The Labute approximate surface area is 127 Å². The van der Waals surface area contributed by atoms with Crippen LogP contribution in [0.5, 0.6) is 5.75 Å². The first-order valence-electron chi connectivity index (χ1n) is 6.23. The maximum Gasteiger partial charge on any atom is 0.141 e. The quantitative estimate of drug-likeness (QED) is 0.826. The third kappa shape index (κ3) is 4.18. The lowest BCUT2D eigenvalue weighted by Crippen LogP contribution is -2.08. The van der Waals surface area contributed by atoms with E-state index in [2.05, 4.69) is 51.8 Å². The molecule has 0 unspecified atom stereocenters. The zero-order valence-corrected chi connectivity index (χ0v) is 13.1. The zero-order chi connectivity index (χ0) is 13.7. The maximum absolute atomic E-state index is 5.85. The highest BCUT2D eigenvalue weighted by molar-refractivity contribution is 14.1. The van der Waals surface area contributed by atoms with Crippen LogP contribution >= 0.6 is 22.6 Å². The van der Waals surface area contributed by atoms with Crippen LogP contribution in [0.25, 0.3) is 0 Å². The molecule has 1 heterocycles. The smallest absolute Gasteiger partial charge is 0.141 e. The van der Waals surface area contributed by atoms with Gasteiger partial charge in [0, 0.05) is 15.7 Å². The van der Waals surface area contributed by atoms with Gasteiger partial charge in [0.05, 0.1) is 5.69 Å². The largest absolute Gasteiger partial charge is 0.487 e. The van der Waals surface area contributed by atoms with E-state index in [1.54, 1.807) is 0 Å². The van der Waals surface area contributed by atoms with Gasteiger partial charge in [-0.1, -0.05) is 12.1 Å². The summed E-state index contributed by atoms with van der Waals surface area (Å²) < 4.78 is 7.07. The van der Waals surface area contributed by atoms with Crippen LogP contribution < -0.4 is 10.5 Å². The fourth-order valence-corrected chi connectivity index (χ4v) is 2.15. The molecule has 0 radical (unpaired) electrons. The number of benzene rings is 1. The van der Waals surface area contributed by atoms with E-state index < -0.39 is 0 Å². The van der Waals surface area contributed by atoms with Gasteiger partial charge in [0.2, 0.25) is 0 Å². The Kier molecular flexibility index (Phi) is 5.15. The Bertz CT molecular complexity index is 540. The molecule has 0 aliphatic rings. The summed E-state index contributed by atoms with van der Waals surface area (Å²) in [6, 6.07) is 12.2. The van der Waals surface area contributed by atoms with Crippen LogP contribution in [0.4, 0.5) is 0 Å². The number of rotatable bonds is 5. The van der Waals surface area contributed by atoms with E-state index in [9.17, 15) is 0 Å². The number of aromatic nitrogens is 1. The molecule has 100 valence electrons. The van der Waals surface area contributed by atoms with Crippen LogP contribution in [0.15, 0.2) is 36.4 Å². The van der Waals surface area contributed by atoms with Gasteiger partial charge in [-0.3, -0.25) is 4.98 Å². The van der Waals surface area contributed by atoms with Gasteiger partial charge in [0.1, 0.15) is 12.4 Å². The first-order valence-corrected chi connectivity index (χ1v) is 7.31. The third-order valence-electron chi connectivity index (χ3n) is 2.76. The van der Waals surface area contributed by atoms with Gasteiger partial charge in [0.25, 0.3) is 0 Å². The van der Waals surface area contributed by atoms with E-state index in [4.69, 9.17) is 10.5 Å². The van der Waals surface area contributed by atoms with Crippen LogP contribution in [0.2, 0.25) is 0 Å². The molecule has 0 saturated carbocycles. The lowest BCUT2D eigenvalue weighted by atomic mass is 10.2. The molecule has 1 aromatic heterocycles. The summed E-state index contributed by atoms with van der Waals surface area (Å²) in [5, 5.41) is 0. The molecule has 3 nitrogen and oxygen atoms in total. The highest BCUT2D eigenvalue weighted by Crippen LogP contribution is 2.19. The summed E-state index contributed by atoms with van der Waals surface area (Å²) in [4.78, 5) is 4.48. The Hall–Kier alpha value is -1.14. The number of halogens is 1. The summed E-state index contributed by atoms with van der Waals surface area (Å²) in [5.41, 5.74) is 8.69. The van der Waals surface area contributed by atoms with Crippen molar-refractivity contribution in [2.75, 3.05) is 6.54 Å². The molecule has 2 rings (SSSR count). The van der Waals surface area contributed by atoms with Gasteiger partial charge >= 0.3 is 0 Å². The van der Waals surface area contributed by atoms with Crippen LogP contribution in [-0.2, 0) is 13.0 Å². The minimum absolute atomic E-state index is 0.555. The second-order valence-corrected chi connectivity index (χ2v) is 5.60.